The lowest BCUT2D eigenvalue weighted by Gasteiger charge is -2.41. The van der Waals surface area contributed by atoms with Gasteiger partial charge < -0.3 is 11.1 Å². The molecule has 10 heteroatoms. The number of primary amides is 1. The van der Waals surface area contributed by atoms with Gasteiger partial charge in [0.25, 0.3) is 5.91 Å². The van der Waals surface area contributed by atoms with Gasteiger partial charge in [-0.05, 0) is 62.3 Å². The number of aryl methyl sites for hydroxylation is 1. The molecule has 1 saturated carbocycles. The van der Waals surface area contributed by atoms with E-state index in [-0.39, 0.29) is 28.9 Å². The van der Waals surface area contributed by atoms with Crippen LogP contribution in [0, 0.1) is 12.8 Å². The molecule has 3 aromatic heterocycles. The number of anilines is 3. The van der Waals surface area contributed by atoms with E-state index >= 15 is 0 Å². The largest absolute Gasteiger partial charge is 0.365 e. The molecule has 0 unspecified atom stereocenters. The van der Waals surface area contributed by atoms with Crippen molar-refractivity contribution in [3.8, 4) is 0 Å². The molecule has 0 radical (unpaired) electrons. The second-order valence-corrected chi connectivity index (χ2v) is 11.0. The van der Waals surface area contributed by atoms with Crippen molar-refractivity contribution < 1.29 is 14.4 Å². The lowest BCUT2D eigenvalue weighted by Crippen LogP contribution is -2.55. The van der Waals surface area contributed by atoms with E-state index in [0.717, 1.165) is 24.1 Å². The summed E-state index contributed by atoms with van der Waals surface area (Å²) in [5, 5.41) is 3.68. The normalized spacial score (nSPS) is 19.1. The molecule has 37 heavy (non-hydrogen) atoms. The van der Waals surface area contributed by atoms with Crippen molar-refractivity contribution in [3.63, 3.8) is 0 Å². The molecule has 4 amide bonds. The maximum atomic E-state index is 14.4. The third kappa shape index (κ3) is 4.25. The zero-order valence-corrected chi connectivity index (χ0v) is 22.0. The predicted octanol–water partition coefficient (Wildman–Crippen LogP) is 4.60. The average Bonchev–Trinajstić information content (AvgIpc) is 3.46. The van der Waals surface area contributed by atoms with Gasteiger partial charge in [-0.2, -0.15) is 0 Å². The number of pyridine rings is 2. The first-order valence-corrected chi connectivity index (χ1v) is 13.3. The van der Waals surface area contributed by atoms with E-state index in [1.807, 2.05) is 13.0 Å². The van der Waals surface area contributed by atoms with E-state index in [9.17, 15) is 14.4 Å². The zero-order valence-electron chi connectivity index (χ0n) is 21.2. The van der Waals surface area contributed by atoms with Crippen molar-refractivity contribution in [1.29, 1.82) is 0 Å². The van der Waals surface area contributed by atoms with Crippen LogP contribution < -0.4 is 20.9 Å². The van der Waals surface area contributed by atoms with Crippen LogP contribution in [0.4, 0.5) is 21.9 Å². The van der Waals surface area contributed by atoms with Crippen molar-refractivity contribution in [2.45, 2.75) is 58.5 Å². The summed E-state index contributed by atoms with van der Waals surface area (Å²) in [7, 11) is 0. The quantitative estimate of drug-likeness (QED) is 0.443. The van der Waals surface area contributed by atoms with Gasteiger partial charge in [0, 0.05) is 11.9 Å². The number of thiophene rings is 1. The van der Waals surface area contributed by atoms with Gasteiger partial charge in [0.2, 0.25) is 5.91 Å². The fourth-order valence-electron chi connectivity index (χ4n) is 5.45. The van der Waals surface area contributed by atoms with Crippen LogP contribution in [0.5, 0.6) is 0 Å². The third-order valence-electron chi connectivity index (χ3n) is 6.97. The van der Waals surface area contributed by atoms with Gasteiger partial charge in [-0.25, -0.2) is 9.78 Å². The van der Waals surface area contributed by atoms with Crippen LogP contribution in [0.25, 0.3) is 10.2 Å². The molecule has 2 atom stereocenters. The Kier molecular flexibility index (Phi) is 6.45. The Morgan fingerprint density at radius 2 is 2.08 bits per heavy atom. The Morgan fingerprint density at radius 3 is 2.76 bits per heavy atom. The van der Waals surface area contributed by atoms with E-state index in [4.69, 9.17) is 5.73 Å². The highest BCUT2D eigenvalue weighted by atomic mass is 32.1. The Labute approximate surface area is 219 Å². The van der Waals surface area contributed by atoms with Crippen molar-refractivity contribution >= 4 is 56.5 Å². The summed E-state index contributed by atoms with van der Waals surface area (Å²) >= 11 is 1.18. The maximum absolute atomic E-state index is 14.4. The molecular weight excluding hydrogens is 488 g/mol. The Hall–Kier alpha value is -3.79. The predicted molar refractivity (Wildman–Crippen MR) is 145 cm³/mol. The van der Waals surface area contributed by atoms with Crippen LogP contribution in [0.15, 0.2) is 37.2 Å². The van der Waals surface area contributed by atoms with Crippen molar-refractivity contribution in [3.05, 3.63) is 53.3 Å². The molecule has 2 aliphatic rings. The van der Waals surface area contributed by atoms with Crippen molar-refractivity contribution in [2.75, 3.05) is 9.80 Å². The summed E-state index contributed by atoms with van der Waals surface area (Å²) in [6.45, 7) is 9.81. The van der Waals surface area contributed by atoms with Crippen LogP contribution in [0.2, 0.25) is 0 Å². The van der Waals surface area contributed by atoms with Crippen LogP contribution in [0.3, 0.4) is 0 Å². The zero-order chi connectivity index (χ0) is 26.4. The molecule has 0 spiro atoms. The number of carbonyl (C=O) groups excluding carboxylic acids is 3. The maximum Gasteiger partial charge on any atom is 0.334 e. The molecule has 9 nitrogen and oxygen atoms in total. The van der Waals surface area contributed by atoms with E-state index < -0.39 is 5.91 Å². The lowest BCUT2D eigenvalue weighted by atomic mass is 10.0. The lowest BCUT2D eigenvalue weighted by molar-refractivity contribution is -0.117. The van der Waals surface area contributed by atoms with Gasteiger partial charge in [-0.15, -0.1) is 11.3 Å². The molecule has 1 fully saturated rings. The highest BCUT2D eigenvalue weighted by molar-refractivity contribution is 7.21. The van der Waals surface area contributed by atoms with Crippen LogP contribution in [-0.4, -0.2) is 39.9 Å². The van der Waals surface area contributed by atoms with Gasteiger partial charge in [-0.3, -0.25) is 24.4 Å². The number of nitrogens with one attached hydrogen (secondary N) is 1. The number of aromatic nitrogens is 2. The van der Waals surface area contributed by atoms with Gasteiger partial charge >= 0.3 is 6.03 Å². The first kappa shape index (κ1) is 24.9. The Balaban J connectivity index is 1.70. The molecule has 0 aromatic carbocycles. The van der Waals surface area contributed by atoms with Crippen LogP contribution in [0.1, 0.15) is 54.0 Å². The molecule has 1 aliphatic carbocycles. The number of nitrogens with zero attached hydrogens (tertiary/aromatic N) is 4. The average molecular weight is 519 g/mol. The number of carbonyl (C=O) groups is 3. The molecular formula is C27H30N6O3S. The SMILES string of the molecule is C=CC(=O)N[C@H]1CCC[C@H]1N1C(=O)N(c2cnc(CC(C)C)cc2C)c2ccnc3sc(C(N)=O)c1c23. The van der Waals surface area contributed by atoms with Gasteiger partial charge in [-0.1, -0.05) is 20.4 Å². The van der Waals surface area contributed by atoms with Gasteiger partial charge in [0.15, 0.2) is 0 Å². The monoisotopic (exact) mass is 518 g/mol. The Bertz CT molecular complexity index is 1430. The third-order valence-corrected chi connectivity index (χ3v) is 8.07. The standard InChI is InChI=1S/C27H30N6O3S/c1-5-21(34)31-17-7-6-8-18(17)33-23-22-19(9-10-29-26(22)37-24(23)25(28)35)32(27(33)36)20-13-30-16(11-14(2)3)12-15(20)4/h5,9-10,12-14,17-18H,1,6-8,11H2,2-4H3,(H2,28,35)(H,31,34)/t17-,18+/m0/s1. The molecule has 0 bridgehead atoms. The first-order valence-electron chi connectivity index (χ1n) is 12.4. The van der Waals surface area contributed by atoms with Crippen LogP contribution in [-0.2, 0) is 11.2 Å². The minimum Gasteiger partial charge on any atom is -0.365 e. The van der Waals surface area contributed by atoms with E-state index in [1.54, 1.807) is 28.3 Å². The number of urea groups is 1. The van der Waals surface area contributed by atoms with Crippen LogP contribution >= 0.6 is 11.3 Å². The first-order chi connectivity index (χ1) is 17.7. The summed E-state index contributed by atoms with van der Waals surface area (Å²) in [4.78, 5) is 52.5. The number of nitrogens with two attached hydrogens (primary N) is 1. The van der Waals surface area contributed by atoms with Gasteiger partial charge in [0.05, 0.1) is 40.7 Å². The number of hydrogen-bond donors (Lipinski definition) is 2. The highest BCUT2D eigenvalue weighted by Gasteiger charge is 2.45. The molecule has 1 aliphatic heterocycles. The minimum absolute atomic E-state index is 0.283. The summed E-state index contributed by atoms with van der Waals surface area (Å²) in [5.74, 6) is -0.460. The van der Waals surface area contributed by atoms with E-state index in [1.165, 1.54) is 17.4 Å². The molecule has 5 rings (SSSR count). The van der Waals surface area contributed by atoms with Crippen molar-refractivity contribution in [2.24, 2.45) is 11.7 Å². The van der Waals surface area contributed by atoms with E-state index in [0.29, 0.717) is 46.0 Å². The fourth-order valence-corrected chi connectivity index (χ4v) is 6.46. The number of amides is 4. The molecule has 0 saturated heterocycles. The summed E-state index contributed by atoms with van der Waals surface area (Å²) in [5.41, 5.74) is 9.45. The molecule has 3 N–H and O–H groups in total. The smallest absolute Gasteiger partial charge is 0.334 e. The second kappa shape index (κ2) is 9.59. The fraction of sp³-hybridized carbons (Fsp3) is 0.370. The van der Waals surface area contributed by atoms with E-state index in [2.05, 4.69) is 35.7 Å². The topological polar surface area (TPSA) is 122 Å². The summed E-state index contributed by atoms with van der Waals surface area (Å²) in [6.07, 6.45) is 7.63. The molecule has 4 heterocycles. The molecule has 3 aromatic rings. The Morgan fingerprint density at radius 1 is 1.30 bits per heavy atom. The number of hydrogen-bond acceptors (Lipinski definition) is 6. The second-order valence-electron chi connectivity index (χ2n) is 10.0. The molecule has 192 valence electrons. The van der Waals surface area contributed by atoms with Gasteiger partial charge in [0.1, 0.15) is 9.71 Å². The van der Waals surface area contributed by atoms with Crippen molar-refractivity contribution in [1.82, 2.24) is 15.3 Å². The summed E-state index contributed by atoms with van der Waals surface area (Å²) < 4.78 is 0. The minimum atomic E-state index is -0.615. The summed E-state index contributed by atoms with van der Waals surface area (Å²) in [6, 6.07) is 2.83. The highest BCUT2D eigenvalue weighted by Crippen LogP contribution is 2.50. The number of rotatable bonds is 7.